The molecule has 108 valence electrons. The first-order valence-corrected chi connectivity index (χ1v) is 6.15. The van der Waals surface area contributed by atoms with Gasteiger partial charge in [0.2, 0.25) is 0 Å². The van der Waals surface area contributed by atoms with Crippen LogP contribution >= 0.6 is 0 Å². The highest BCUT2D eigenvalue weighted by atomic mass is 16.6. The van der Waals surface area contributed by atoms with Crippen molar-refractivity contribution in [2.24, 2.45) is 21.0 Å². The molecule has 20 heavy (non-hydrogen) atoms. The molecule has 0 aliphatic rings. The van der Waals surface area contributed by atoms with E-state index in [1.165, 1.54) is 7.11 Å². The summed E-state index contributed by atoms with van der Waals surface area (Å²) in [6, 6.07) is 7.61. The second kappa shape index (κ2) is 7.93. The minimum atomic E-state index is 0.300. The number of amidine groups is 1. The Balaban J connectivity index is 3.10. The van der Waals surface area contributed by atoms with Crippen LogP contribution in [0.15, 0.2) is 39.6 Å². The Morgan fingerprint density at radius 2 is 1.90 bits per heavy atom. The lowest BCUT2D eigenvalue weighted by molar-refractivity contribution is 0.130. The van der Waals surface area contributed by atoms with E-state index in [2.05, 4.69) is 15.3 Å². The van der Waals surface area contributed by atoms with E-state index in [0.717, 1.165) is 16.8 Å². The van der Waals surface area contributed by atoms with E-state index >= 15 is 0 Å². The maximum Gasteiger partial charge on any atom is 0.152 e. The van der Waals surface area contributed by atoms with Gasteiger partial charge in [-0.3, -0.25) is 4.99 Å². The van der Waals surface area contributed by atoms with E-state index in [4.69, 9.17) is 15.4 Å². The number of aliphatic imine (C=N–C) groups is 1. The topological polar surface area (TPSA) is 81.6 Å². The van der Waals surface area contributed by atoms with Crippen LogP contribution in [0.1, 0.15) is 25.0 Å². The number of nitrogens with two attached hydrogens (primary N) is 1. The van der Waals surface area contributed by atoms with Crippen molar-refractivity contribution in [2.45, 2.75) is 20.5 Å². The molecule has 0 bridgehead atoms. The van der Waals surface area contributed by atoms with Crippen molar-refractivity contribution < 1.29 is 9.68 Å². The van der Waals surface area contributed by atoms with Crippen molar-refractivity contribution in [1.82, 2.24) is 0 Å². The Kier molecular flexibility index (Phi) is 6.22. The van der Waals surface area contributed by atoms with E-state index in [9.17, 15) is 0 Å². The number of benzene rings is 1. The van der Waals surface area contributed by atoms with Crippen molar-refractivity contribution in [3.8, 4) is 0 Å². The summed E-state index contributed by atoms with van der Waals surface area (Å²) in [7, 11) is 3.07. The fourth-order valence-electron chi connectivity index (χ4n) is 1.54. The van der Waals surface area contributed by atoms with Crippen molar-refractivity contribution >= 4 is 17.3 Å². The first kappa shape index (κ1) is 15.7. The van der Waals surface area contributed by atoms with Gasteiger partial charge in [0, 0.05) is 18.2 Å². The van der Waals surface area contributed by atoms with Gasteiger partial charge in [-0.1, -0.05) is 34.6 Å². The molecule has 0 radical (unpaired) electrons. The molecule has 0 aliphatic carbocycles. The monoisotopic (exact) mass is 276 g/mol. The third-order valence-corrected chi connectivity index (χ3v) is 2.41. The van der Waals surface area contributed by atoms with Gasteiger partial charge in [0.05, 0.1) is 5.71 Å². The third kappa shape index (κ3) is 4.38. The van der Waals surface area contributed by atoms with Crippen LogP contribution in [-0.2, 0) is 16.3 Å². The minimum absolute atomic E-state index is 0.300. The molecule has 0 aromatic heterocycles. The van der Waals surface area contributed by atoms with Gasteiger partial charge in [-0.15, -0.1) is 0 Å². The zero-order chi connectivity index (χ0) is 15.0. The summed E-state index contributed by atoms with van der Waals surface area (Å²) >= 11 is 0. The Morgan fingerprint density at radius 1 is 1.20 bits per heavy atom. The summed E-state index contributed by atoms with van der Waals surface area (Å²) in [5, 5.41) is 7.85. The normalized spacial score (nSPS) is 12.0. The van der Waals surface area contributed by atoms with E-state index in [1.807, 2.05) is 38.1 Å². The summed E-state index contributed by atoms with van der Waals surface area (Å²) in [5.74, 6) is 0.300. The number of nitrogens with zero attached hydrogens (tertiary/aromatic N) is 3. The molecule has 0 fully saturated rings. The SMILES string of the molecule is CN=C(N)/C(=N/OC)c1ccccc1CON=C(C)C. The number of rotatable bonds is 6. The van der Waals surface area contributed by atoms with Crippen molar-refractivity contribution in [2.75, 3.05) is 14.2 Å². The average molecular weight is 276 g/mol. The van der Waals surface area contributed by atoms with Crippen molar-refractivity contribution in [3.63, 3.8) is 0 Å². The van der Waals surface area contributed by atoms with Crippen molar-refractivity contribution in [1.29, 1.82) is 0 Å². The van der Waals surface area contributed by atoms with Gasteiger partial charge >= 0.3 is 0 Å². The molecular weight excluding hydrogens is 256 g/mol. The number of oxime groups is 2. The number of hydrogen-bond acceptors (Lipinski definition) is 5. The fourth-order valence-corrected chi connectivity index (χ4v) is 1.54. The molecule has 0 unspecified atom stereocenters. The van der Waals surface area contributed by atoms with Crippen LogP contribution in [0.4, 0.5) is 0 Å². The Bertz CT molecular complexity index is 532. The summed E-state index contributed by atoms with van der Waals surface area (Å²) in [5.41, 5.74) is 8.89. The third-order valence-electron chi connectivity index (χ3n) is 2.41. The molecule has 0 spiro atoms. The second-order valence-corrected chi connectivity index (χ2v) is 4.20. The van der Waals surface area contributed by atoms with Crippen LogP contribution in [0.2, 0.25) is 0 Å². The molecule has 0 saturated heterocycles. The first-order chi connectivity index (χ1) is 9.60. The fraction of sp³-hybridized carbons (Fsp3) is 0.357. The highest BCUT2D eigenvalue weighted by Crippen LogP contribution is 2.12. The first-order valence-electron chi connectivity index (χ1n) is 6.15. The summed E-state index contributed by atoms with van der Waals surface area (Å²) in [6.45, 7) is 4.05. The maximum atomic E-state index is 5.85. The molecule has 1 aromatic rings. The highest BCUT2D eigenvalue weighted by Gasteiger charge is 2.13. The Labute approximate surface area is 119 Å². The predicted octanol–water partition coefficient (Wildman–Crippen LogP) is 1.94. The van der Waals surface area contributed by atoms with Gasteiger partial charge in [-0.2, -0.15) is 0 Å². The molecule has 1 aromatic carbocycles. The second-order valence-electron chi connectivity index (χ2n) is 4.20. The quantitative estimate of drug-likeness (QED) is 0.489. The predicted molar refractivity (Wildman–Crippen MR) is 81.1 cm³/mol. The molecule has 0 heterocycles. The summed E-state index contributed by atoms with van der Waals surface area (Å²) < 4.78 is 0. The molecule has 0 amide bonds. The lowest BCUT2D eigenvalue weighted by Crippen LogP contribution is -2.26. The van der Waals surface area contributed by atoms with Gasteiger partial charge < -0.3 is 15.4 Å². The molecular formula is C14H20N4O2. The molecule has 0 saturated carbocycles. The van der Waals surface area contributed by atoms with Gasteiger partial charge in [-0.05, 0) is 13.8 Å². The Morgan fingerprint density at radius 3 is 2.50 bits per heavy atom. The zero-order valence-electron chi connectivity index (χ0n) is 12.3. The van der Waals surface area contributed by atoms with E-state index in [0.29, 0.717) is 18.2 Å². The zero-order valence-corrected chi connectivity index (χ0v) is 12.3. The molecule has 0 aliphatic heterocycles. The van der Waals surface area contributed by atoms with Crippen LogP contribution < -0.4 is 5.73 Å². The highest BCUT2D eigenvalue weighted by molar-refractivity contribution is 6.47. The van der Waals surface area contributed by atoms with Crippen LogP contribution in [0.25, 0.3) is 0 Å². The van der Waals surface area contributed by atoms with Crippen LogP contribution in [0.5, 0.6) is 0 Å². The minimum Gasteiger partial charge on any atom is -0.399 e. The average Bonchev–Trinajstić information content (AvgIpc) is 2.44. The molecule has 0 atom stereocenters. The van der Waals surface area contributed by atoms with Gasteiger partial charge in [0.15, 0.2) is 5.71 Å². The van der Waals surface area contributed by atoms with Crippen molar-refractivity contribution in [3.05, 3.63) is 35.4 Å². The Hall–Kier alpha value is -2.37. The summed E-state index contributed by atoms with van der Waals surface area (Å²) in [6.07, 6.45) is 0. The maximum absolute atomic E-state index is 5.85. The lowest BCUT2D eigenvalue weighted by atomic mass is 10.0. The van der Waals surface area contributed by atoms with Gasteiger partial charge in [-0.25, -0.2) is 0 Å². The lowest BCUT2D eigenvalue weighted by Gasteiger charge is -2.10. The van der Waals surface area contributed by atoms with Crippen LogP contribution in [0, 0.1) is 0 Å². The molecule has 6 nitrogen and oxygen atoms in total. The largest absolute Gasteiger partial charge is 0.399 e. The molecule has 1 rings (SSSR count). The van der Waals surface area contributed by atoms with Gasteiger partial charge in [0.1, 0.15) is 19.6 Å². The van der Waals surface area contributed by atoms with Crippen LogP contribution in [0.3, 0.4) is 0 Å². The summed E-state index contributed by atoms with van der Waals surface area (Å²) in [4.78, 5) is 14.1. The standard InChI is InChI=1S/C14H20N4O2/c1-10(2)17-20-9-11-7-5-6-8-12(11)13(18-19-4)14(15)16-3/h5-8H,9H2,1-4H3,(H2,15,16)/b18-13+. The molecule has 2 N–H and O–H groups in total. The van der Waals surface area contributed by atoms with Gasteiger partial charge in [0.25, 0.3) is 0 Å². The smallest absolute Gasteiger partial charge is 0.152 e. The van der Waals surface area contributed by atoms with E-state index < -0.39 is 0 Å². The van der Waals surface area contributed by atoms with E-state index in [1.54, 1.807) is 7.05 Å². The molecule has 6 heteroatoms. The van der Waals surface area contributed by atoms with E-state index in [-0.39, 0.29) is 0 Å². The van der Waals surface area contributed by atoms with Crippen LogP contribution in [-0.4, -0.2) is 31.4 Å². The number of hydrogen-bond donors (Lipinski definition) is 1.